The van der Waals surface area contributed by atoms with Crippen molar-refractivity contribution in [2.24, 2.45) is 0 Å². The summed E-state index contributed by atoms with van der Waals surface area (Å²) in [5, 5.41) is 92.6. The van der Waals surface area contributed by atoms with E-state index in [2.05, 4.69) is 0 Å². The first-order valence-electron chi connectivity index (χ1n) is 42.7. The van der Waals surface area contributed by atoms with Crippen LogP contribution in [0, 0.1) is 0 Å². The van der Waals surface area contributed by atoms with Gasteiger partial charge in [0.2, 0.25) is 0 Å². The van der Waals surface area contributed by atoms with Gasteiger partial charge in [-0.05, 0) is 178 Å². The van der Waals surface area contributed by atoms with Crippen LogP contribution in [0.4, 0.5) is 0 Å². The fraction of sp³-hybridized carbons (Fsp3) is 0. The van der Waals surface area contributed by atoms with Crippen LogP contribution in [-0.4, -0.2) is 86.9 Å². The molecule has 0 amide bonds. The molecule has 24 nitrogen and oxygen atoms in total. The van der Waals surface area contributed by atoms with Gasteiger partial charge in [-0.2, -0.15) is 0 Å². The SMILES string of the molecule is O=c1c2cc(O)c3c4c(O)cc5c(=O)n6c7ccccc7nc6c6ccc(c7ccc(c2c73)c2nc3ccccc3n12)c4c56.O=c1c2cc(O)c3c4c(O)cc5c6c(ccc(c7ccc(c2c73)c2nc3ccccc3n12)c46)c(=O)n1c2ccccc2nc51.O=c1c2ccc3c4ccc5c(=O)n6c7ccccc7nc6c6cc(O)c(c7c(O)cc(c2c37)c2nc3ccccc3n12)c4c56. The lowest BCUT2D eigenvalue weighted by Crippen LogP contribution is -2.14. The van der Waals surface area contributed by atoms with Gasteiger partial charge in [0.25, 0.3) is 33.4 Å². The van der Waals surface area contributed by atoms with E-state index in [1.807, 2.05) is 218 Å². The molecule has 0 aliphatic heterocycles. The largest absolute Gasteiger partial charge is 0.507 e. The topological polar surface area (TPSA) is 328 Å². The minimum Gasteiger partial charge on any atom is -0.507 e. The molecular formula is C108H48N12O12. The zero-order chi connectivity index (χ0) is 87.5. The minimum absolute atomic E-state index is 0.0464. The van der Waals surface area contributed by atoms with Gasteiger partial charge in [-0.15, -0.1) is 0 Å². The molecule has 0 unspecified atom stereocenters. The molecule has 24 heteroatoms. The normalized spacial score (nSPS) is 12.9. The Morgan fingerprint density at radius 3 is 0.508 bits per heavy atom. The molecule has 0 aliphatic carbocycles. The third-order valence-corrected chi connectivity index (χ3v) is 28.6. The summed E-state index contributed by atoms with van der Waals surface area (Å²) in [6, 6.07) is 77.3. The van der Waals surface area contributed by atoms with Gasteiger partial charge in [-0.3, -0.25) is 55.2 Å². The van der Waals surface area contributed by atoms with E-state index >= 15 is 0 Å². The minimum atomic E-state index is -0.273. The van der Waals surface area contributed by atoms with Crippen LogP contribution >= 0.6 is 0 Å². The fourth-order valence-electron chi connectivity index (χ4n) is 23.5. The Morgan fingerprint density at radius 1 is 0.152 bits per heavy atom. The Morgan fingerprint density at radius 2 is 0.303 bits per heavy atom. The van der Waals surface area contributed by atoms with Crippen molar-refractivity contribution in [2.75, 3.05) is 0 Å². The first kappa shape index (κ1) is 69.5. The molecule has 33 rings (SSSR count). The van der Waals surface area contributed by atoms with E-state index in [0.717, 1.165) is 48.5 Å². The van der Waals surface area contributed by atoms with Gasteiger partial charge in [-0.1, -0.05) is 109 Å². The lowest BCUT2D eigenvalue weighted by molar-refractivity contribution is 0.478. The van der Waals surface area contributed by atoms with Crippen LogP contribution in [0.15, 0.2) is 284 Å². The molecule has 0 bridgehead atoms. The molecule has 21 aromatic carbocycles. The van der Waals surface area contributed by atoms with Crippen LogP contribution in [0.1, 0.15) is 0 Å². The quantitative estimate of drug-likeness (QED) is 0.0607. The average molecular weight is 1710 g/mol. The number of imidazole rings is 6. The average Bonchev–Trinajstić information content (AvgIpc) is 1.13. The molecule has 12 aromatic heterocycles. The van der Waals surface area contributed by atoms with Gasteiger partial charge in [-0.25, -0.2) is 29.9 Å². The van der Waals surface area contributed by atoms with Crippen molar-refractivity contribution in [1.82, 2.24) is 56.3 Å². The Balaban J connectivity index is 0.0000000932. The Labute approximate surface area is 728 Å². The maximum atomic E-state index is 14.0. The summed E-state index contributed by atoms with van der Waals surface area (Å²) in [6.45, 7) is 0. The summed E-state index contributed by atoms with van der Waals surface area (Å²) in [5.74, 6) is -0.505. The summed E-state index contributed by atoms with van der Waals surface area (Å²) in [6.07, 6.45) is 0. The van der Waals surface area contributed by atoms with Crippen LogP contribution in [0.5, 0.6) is 34.5 Å². The van der Waals surface area contributed by atoms with E-state index in [9.17, 15) is 59.4 Å². The number of fused-ring (bicyclic) bond motifs is 30. The summed E-state index contributed by atoms with van der Waals surface area (Å²) in [4.78, 5) is 113. The van der Waals surface area contributed by atoms with Crippen molar-refractivity contribution in [3.63, 3.8) is 0 Å². The number of pyridine rings is 6. The van der Waals surface area contributed by atoms with Gasteiger partial charge in [0.1, 0.15) is 68.4 Å². The van der Waals surface area contributed by atoms with E-state index < -0.39 is 0 Å². The second-order valence-corrected chi connectivity index (χ2v) is 34.8. The molecule has 6 N–H and O–H groups in total. The van der Waals surface area contributed by atoms with Crippen LogP contribution < -0.4 is 33.4 Å². The second-order valence-electron chi connectivity index (χ2n) is 34.8. The number of para-hydroxylation sites is 12. The Kier molecular flexibility index (Phi) is 12.1. The molecule has 0 aliphatic rings. The van der Waals surface area contributed by atoms with Crippen molar-refractivity contribution in [1.29, 1.82) is 0 Å². The fourth-order valence-corrected chi connectivity index (χ4v) is 23.5. The molecule has 0 saturated heterocycles. The highest BCUT2D eigenvalue weighted by molar-refractivity contribution is 6.47. The highest BCUT2D eigenvalue weighted by Crippen LogP contribution is 2.56. The molecule has 12 heterocycles. The smallest absolute Gasteiger partial charge is 0.264 e. The molecule has 0 spiro atoms. The number of benzene rings is 21. The van der Waals surface area contributed by atoms with Crippen molar-refractivity contribution < 1.29 is 30.6 Å². The zero-order valence-electron chi connectivity index (χ0n) is 67.7. The van der Waals surface area contributed by atoms with Gasteiger partial charge >= 0.3 is 0 Å². The molecular weight excluding hydrogens is 1660 g/mol. The van der Waals surface area contributed by atoms with Crippen molar-refractivity contribution in [2.45, 2.75) is 0 Å². The number of aromatic hydroxyl groups is 6. The molecule has 33 aromatic rings. The van der Waals surface area contributed by atoms with Gasteiger partial charge in [0, 0.05) is 145 Å². The number of rotatable bonds is 0. The highest BCUT2D eigenvalue weighted by atomic mass is 16.3. The summed E-state index contributed by atoms with van der Waals surface area (Å²) < 4.78 is 9.62. The summed E-state index contributed by atoms with van der Waals surface area (Å²) in [7, 11) is 0. The van der Waals surface area contributed by atoms with Crippen LogP contribution in [0.3, 0.4) is 0 Å². The van der Waals surface area contributed by atoms with Crippen LogP contribution in [-0.2, 0) is 0 Å². The number of phenols is 6. The number of nitrogens with zero attached hydrogens (tertiary/aromatic N) is 12. The van der Waals surface area contributed by atoms with Crippen LogP contribution in [0.2, 0.25) is 0 Å². The molecule has 612 valence electrons. The lowest BCUT2D eigenvalue weighted by Gasteiger charge is -2.19. The van der Waals surface area contributed by atoms with E-state index in [1.165, 1.54) is 18.2 Å². The van der Waals surface area contributed by atoms with Crippen LogP contribution in [0.25, 0.3) is 294 Å². The van der Waals surface area contributed by atoms with Crippen molar-refractivity contribution in [3.8, 4) is 34.5 Å². The maximum Gasteiger partial charge on any atom is 0.264 e. The van der Waals surface area contributed by atoms with Gasteiger partial charge < -0.3 is 30.6 Å². The van der Waals surface area contributed by atoms with E-state index in [1.54, 1.807) is 44.6 Å². The third-order valence-electron chi connectivity index (χ3n) is 28.6. The number of hydrogen-bond donors (Lipinski definition) is 6. The zero-order valence-corrected chi connectivity index (χ0v) is 67.7. The third kappa shape index (κ3) is 7.90. The van der Waals surface area contributed by atoms with Crippen molar-refractivity contribution >= 4 is 294 Å². The molecule has 0 radical (unpaired) electrons. The van der Waals surface area contributed by atoms with E-state index in [-0.39, 0.29) is 67.9 Å². The van der Waals surface area contributed by atoms with Gasteiger partial charge in [0.05, 0.1) is 82.4 Å². The predicted molar refractivity (Wildman–Crippen MR) is 520 cm³/mol. The highest BCUT2D eigenvalue weighted by Gasteiger charge is 2.34. The van der Waals surface area contributed by atoms with Crippen molar-refractivity contribution in [3.05, 3.63) is 317 Å². The monoisotopic (exact) mass is 1700 g/mol. The molecule has 0 fully saturated rings. The maximum absolute atomic E-state index is 14.0. The first-order valence-corrected chi connectivity index (χ1v) is 42.7. The second kappa shape index (κ2) is 23.1. The number of aromatic nitrogens is 12. The van der Waals surface area contributed by atoms with E-state index in [0.29, 0.717) is 246 Å². The Bertz CT molecular complexity index is 10600. The van der Waals surface area contributed by atoms with E-state index in [4.69, 9.17) is 29.9 Å². The molecule has 0 saturated carbocycles. The standard InChI is InChI=1S/3C36H16N4O4/c41-25-13-19-28-18(35(43)40-24-8-4-2-6-22(24)38-34(19)40)12-10-16-15-9-11-17-27-20(14-26(42)32(29(15)27)31(25)30(16)28)36(44)39-23-7-3-1-5-21(23)37-33(17)39;41-25-13-19-27-17(35(43)39-23-7-3-1-5-21(23)37-33(19)39)11-9-15-16-10-12-18-28-20(14-26(42)32(30(16)28)31(25)29(15)27)34-38-22-6-2-4-8-24(22)40(34)36(18)44;41-25-13-19-27-17(33-37-21-5-1-3-7-23(21)39(33)35(19)43)11-9-15-16-10-12-18-28-20(14-26(42)32(30(16)28)31(25)29(15)27)36(44)40-24-8-4-2-6-22(24)38-34(18)40/h3*1-14,41-42H. The van der Waals surface area contributed by atoms with Gasteiger partial charge in [0.15, 0.2) is 0 Å². The predicted octanol–water partition coefficient (Wildman–Crippen LogP) is 20.0. The Hall–Kier alpha value is -18.8. The number of phenolic OH excluding ortho intramolecular Hbond substituents is 6. The first-order chi connectivity index (χ1) is 64.5. The lowest BCUT2D eigenvalue weighted by atomic mass is 9.85. The molecule has 0 atom stereocenters. The molecule has 132 heavy (non-hydrogen) atoms. The summed E-state index contributed by atoms with van der Waals surface area (Å²) >= 11 is 0. The number of hydrogen-bond acceptors (Lipinski definition) is 18. The summed E-state index contributed by atoms with van der Waals surface area (Å²) in [5.41, 5.74) is 9.95.